The van der Waals surface area contributed by atoms with Gasteiger partial charge in [-0.2, -0.15) is 0 Å². The summed E-state index contributed by atoms with van der Waals surface area (Å²) >= 11 is 5.72. The molecule has 1 aliphatic rings. The van der Waals surface area contributed by atoms with Gasteiger partial charge in [0.2, 0.25) is 0 Å². The van der Waals surface area contributed by atoms with Crippen LogP contribution in [-0.2, 0) is 19.1 Å². The van der Waals surface area contributed by atoms with Gasteiger partial charge in [-0.05, 0) is 26.3 Å². The Morgan fingerprint density at radius 2 is 2.18 bits per heavy atom. The Labute approximate surface area is 105 Å². The predicted molar refractivity (Wildman–Crippen MR) is 63.1 cm³/mol. The van der Waals surface area contributed by atoms with Crippen LogP contribution in [0.15, 0.2) is 22.8 Å². The van der Waals surface area contributed by atoms with Crippen LogP contribution in [0.5, 0.6) is 0 Å². The highest BCUT2D eigenvalue weighted by molar-refractivity contribution is 6.31. The van der Waals surface area contributed by atoms with Crippen molar-refractivity contribution >= 4 is 23.5 Å². The molecule has 93 valence electrons. The third-order valence-electron chi connectivity index (χ3n) is 2.13. The monoisotopic (exact) mass is 257 g/mol. The highest BCUT2D eigenvalue weighted by Gasteiger charge is 2.22. The van der Waals surface area contributed by atoms with E-state index in [1.807, 2.05) is 0 Å². The highest BCUT2D eigenvalue weighted by Crippen LogP contribution is 2.21. The quantitative estimate of drug-likeness (QED) is 0.724. The van der Waals surface area contributed by atoms with E-state index in [1.54, 1.807) is 25.5 Å². The first-order valence-corrected chi connectivity index (χ1v) is 5.69. The van der Waals surface area contributed by atoms with Gasteiger partial charge in [-0.3, -0.25) is 0 Å². The van der Waals surface area contributed by atoms with E-state index in [4.69, 9.17) is 21.1 Å². The number of carbonyl (C=O) groups excluding carboxylic acids is 2. The minimum absolute atomic E-state index is 0.259. The average molecular weight is 258 g/mol. The second-order valence-corrected chi connectivity index (χ2v) is 3.89. The van der Waals surface area contributed by atoms with E-state index in [1.165, 1.54) is 6.92 Å². The Kier molecular flexibility index (Phi) is 5.22. The molecule has 1 radical (unpaired) electrons. The van der Waals surface area contributed by atoms with Crippen LogP contribution in [0.4, 0.5) is 0 Å². The van der Waals surface area contributed by atoms with Gasteiger partial charge in [-0.1, -0.05) is 17.7 Å². The van der Waals surface area contributed by atoms with E-state index in [-0.39, 0.29) is 6.61 Å². The lowest BCUT2D eigenvalue weighted by Gasteiger charge is -2.14. The van der Waals surface area contributed by atoms with E-state index >= 15 is 0 Å². The van der Waals surface area contributed by atoms with Crippen LogP contribution in [0.1, 0.15) is 20.3 Å². The zero-order valence-electron chi connectivity index (χ0n) is 9.73. The molecule has 0 saturated carbocycles. The standard InChI is InChI=1S/C12H14ClO4/c1-3-16-11(14)8(2)17-12(15)9-4-6-10(13)7-5-9/h4,6-8H,3,5H2,1-2H3. The summed E-state index contributed by atoms with van der Waals surface area (Å²) in [6.45, 7) is 3.43. The molecule has 0 heterocycles. The van der Waals surface area contributed by atoms with Crippen LogP contribution < -0.4 is 0 Å². The lowest BCUT2D eigenvalue weighted by Crippen LogP contribution is -2.27. The predicted octanol–water partition coefficient (Wildman–Crippen LogP) is 2.14. The number of hydrogen-bond donors (Lipinski definition) is 0. The molecule has 0 aromatic heterocycles. The van der Waals surface area contributed by atoms with Crippen LogP contribution in [0.25, 0.3) is 0 Å². The second-order valence-electron chi connectivity index (χ2n) is 3.45. The molecule has 1 rings (SSSR count). The Bertz CT molecular complexity index is 371. The van der Waals surface area contributed by atoms with Gasteiger partial charge in [0.05, 0.1) is 6.61 Å². The van der Waals surface area contributed by atoms with Crippen molar-refractivity contribution in [1.29, 1.82) is 0 Å². The number of carbonyl (C=O) groups is 2. The summed E-state index contributed by atoms with van der Waals surface area (Å²) in [6.07, 6.45) is 4.40. The molecule has 1 aliphatic carbocycles. The minimum atomic E-state index is -0.898. The topological polar surface area (TPSA) is 52.6 Å². The number of halogens is 1. The maximum absolute atomic E-state index is 11.6. The SMILES string of the molecule is CCOC(=O)C(C)OC(=O)C1=CC=C(Cl)[CH]C1. The highest BCUT2D eigenvalue weighted by atomic mass is 35.5. The van der Waals surface area contributed by atoms with Crippen molar-refractivity contribution < 1.29 is 19.1 Å². The fraction of sp³-hybridized carbons (Fsp3) is 0.417. The van der Waals surface area contributed by atoms with Gasteiger partial charge >= 0.3 is 11.9 Å². The molecule has 0 amide bonds. The molecular weight excluding hydrogens is 244 g/mol. The molecule has 0 N–H and O–H groups in total. The number of allylic oxidation sites excluding steroid dienone is 3. The molecule has 0 aliphatic heterocycles. The van der Waals surface area contributed by atoms with E-state index in [0.29, 0.717) is 17.0 Å². The summed E-state index contributed by atoms with van der Waals surface area (Å²) in [5.41, 5.74) is 0.463. The largest absolute Gasteiger partial charge is 0.463 e. The molecule has 17 heavy (non-hydrogen) atoms. The molecular formula is C12H14ClO4. The van der Waals surface area contributed by atoms with Crippen LogP contribution in [0.2, 0.25) is 0 Å². The summed E-state index contributed by atoms with van der Waals surface area (Å²) < 4.78 is 9.70. The van der Waals surface area contributed by atoms with Crippen molar-refractivity contribution in [3.63, 3.8) is 0 Å². The second kappa shape index (κ2) is 6.45. The van der Waals surface area contributed by atoms with Crippen LogP contribution in [0.3, 0.4) is 0 Å². The van der Waals surface area contributed by atoms with Gasteiger partial charge in [0.25, 0.3) is 0 Å². The Hall–Kier alpha value is -1.29. The summed E-state index contributed by atoms with van der Waals surface area (Å²) in [7, 11) is 0. The lowest BCUT2D eigenvalue weighted by molar-refractivity contribution is -0.164. The maximum Gasteiger partial charge on any atom is 0.347 e. The summed E-state index contributed by atoms with van der Waals surface area (Å²) in [5, 5.41) is 0.583. The summed E-state index contributed by atoms with van der Waals surface area (Å²) in [4.78, 5) is 22.9. The first-order chi connectivity index (χ1) is 8.04. The summed E-state index contributed by atoms with van der Waals surface area (Å²) in [6, 6.07) is 0. The summed E-state index contributed by atoms with van der Waals surface area (Å²) in [5.74, 6) is -1.07. The number of hydrogen-bond acceptors (Lipinski definition) is 4. The minimum Gasteiger partial charge on any atom is -0.463 e. The van der Waals surface area contributed by atoms with Crippen LogP contribution in [0, 0.1) is 6.42 Å². The first kappa shape index (κ1) is 13.8. The van der Waals surface area contributed by atoms with Crippen molar-refractivity contribution in [2.45, 2.75) is 26.4 Å². The van der Waals surface area contributed by atoms with Gasteiger partial charge in [-0.15, -0.1) is 0 Å². The fourth-order valence-electron chi connectivity index (χ4n) is 1.22. The van der Waals surface area contributed by atoms with Gasteiger partial charge in [0, 0.05) is 17.0 Å². The molecule has 5 heteroatoms. The number of ether oxygens (including phenoxy) is 2. The van der Waals surface area contributed by atoms with Crippen molar-refractivity contribution in [2.75, 3.05) is 6.61 Å². The number of esters is 2. The Morgan fingerprint density at radius 3 is 2.71 bits per heavy atom. The van der Waals surface area contributed by atoms with Crippen molar-refractivity contribution in [1.82, 2.24) is 0 Å². The molecule has 1 atom stereocenters. The zero-order valence-corrected chi connectivity index (χ0v) is 10.5. The first-order valence-electron chi connectivity index (χ1n) is 5.31. The molecule has 0 aromatic carbocycles. The lowest BCUT2D eigenvalue weighted by atomic mass is 10.1. The van der Waals surface area contributed by atoms with Crippen molar-refractivity contribution in [3.8, 4) is 0 Å². The Morgan fingerprint density at radius 1 is 1.47 bits per heavy atom. The van der Waals surface area contributed by atoms with E-state index in [2.05, 4.69) is 0 Å². The average Bonchev–Trinajstić information content (AvgIpc) is 2.30. The Balaban J connectivity index is 2.52. The molecule has 0 fully saturated rings. The molecule has 0 spiro atoms. The fourth-order valence-corrected chi connectivity index (χ4v) is 1.36. The van der Waals surface area contributed by atoms with Gasteiger partial charge < -0.3 is 9.47 Å². The maximum atomic E-state index is 11.6. The van der Waals surface area contributed by atoms with Gasteiger partial charge in [-0.25, -0.2) is 9.59 Å². The van der Waals surface area contributed by atoms with Gasteiger partial charge in [0.15, 0.2) is 6.10 Å². The third kappa shape index (κ3) is 4.23. The van der Waals surface area contributed by atoms with E-state index < -0.39 is 18.0 Å². The third-order valence-corrected chi connectivity index (χ3v) is 2.41. The van der Waals surface area contributed by atoms with Crippen molar-refractivity contribution in [3.05, 3.63) is 29.2 Å². The van der Waals surface area contributed by atoms with Crippen LogP contribution >= 0.6 is 11.6 Å². The molecule has 0 bridgehead atoms. The van der Waals surface area contributed by atoms with Gasteiger partial charge in [0.1, 0.15) is 0 Å². The van der Waals surface area contributed by atoms with E-state index in [0.717, 1.165) is 0 Å². The smallest absolute Gasteiger partial charge is 0.347 e. The molecule has 0 aromatic rings. The van der Waals surface area contributed by atoms with Crippen LogP contribution in [-0.4, -0.2) is 24.6 Å². The van der Waals surface area contributed by atoms with Crippen molar-refractivity contribution in [2.24, 2.45) is 0 Å². The molecule has 4 nitrogen and oxygen atoms in total. The number of rotatable bonds is 4. The zero-order chi connectivity index (χ0) is 12.8. The van der Waals surface area contributed by atoms with E-state index in [9.17, 15) is 9.59 Å². The molecule has 1 unspecified atom stereocenters. The molecule has 0 saturated heterocycles. The normalized spacial score (nSPS) is 16.6.